The molecule has 0 fully saturated rings. The minimum absolute atomic E-state index is 0.0556. The zero-order valence-corrected chi connectivity index (χ0v) is 13.7. The van der Waals surface area contributed by atoms with Gasteiger partial charge in [-0.1, -0.05) is 12.1 Å². The summed E-state index contributed by atoms with van der Waals surface area (Å²) in [6, 6.07) is 8.51. The zero-order chi connectivity index (χ0) is 17.3. The van der Waals surface area contributed by atoms with Crippen molar-refractivity contribution in [2.24, 2.45) is 0 Å². The van der Waals surface area contributed by atoms with E-state index in [1.807, 2.05) is 6.07 Å². The van der Waals surface area contributed by atoms with Crippen LogP contribution in [0.15, 0.2) is 30.3 Å². The van der Waals surface area contributed by atoms with Crippen LogP contribution in [0.5, 0.6) is 23.0 Å². The highest BCUT2D eigenvalue weighted by atomic mass is 16.6. The van der Waals surface area contributed by atoms with Crippen molar-refractivity contribution in [2.45, 2.75) is 12.5 Å². The van der Waals surface area contributed by atoms with Gasteiger partial charge in [0.2, 0.25) is 0 Å². The van der Waals surface area contributed by atoms with Gasteiger partial charge in [-0.05, 0) is 12.1 Å². The Labute approximate surface area is 139 Å². The number of hydrogen-bond acceptors (Lipinski definition) is 6. The number of esters is 1. The van der Waals surface area contributed by atoms with Gasteiger partial charge in [-0.25, -0.2) is 4.79 Å². The first-order valence-electron chi connectivity index (χ1n) is 7.40. The van der Waals surface area contributed by atoms with Crippen molar-refractivity contribution >= 4 is 5.97 Å². The Morgan fingerprint density at radius 1 is 1.04 bits per heavy atom. The number of phenols is 1. The Morgan fingerprint density at radius 2 is 1.71 bits per heavy atom. The molecule has 3 rings (SSSR count). The first-order chi connectivity index (χ1) is 11.6. The number of carbonyl (C=O) groups excluding carboxylic acids is 1. The standard InChI is InChI=1S/C18H18O6/c1-21-13-6-4-5-11-14(24-18(20)17(11)13)7-10-8-15(22-2)16(23-3)9-12(10)19/h4-6,8-9,14,19H,7H2,1-3H3/t14-/m0/s1. The average molecular weight is 330 g/mol. The number of ether oxygens (including phenoxy) is 4. The molecule has 1 N–H and O–H groups in total. The molecule has 1 atom stereocenters. The first-order valence-corrected chi connectivity index (χ1v) is 7.40. The molecule has 0 spiro atoms. The number of benzene rings is 2. The third-order valence-electron chi connectivity index (χ3n) is 4.07. The summed E-state index contributed by atoms with van der Waals surface area (Å²) in [7, 11) is 4.53. The highest BCUT2D eigenvalue weighted by molar-refractivity contribution is 5.97. The number of fused-ring (bicyclic) bond motifs is 1. The second-order valence-electron chi connectivity index (χ2n) is 5.36. The molecule has 1 aliphatic rings. The molecule has 126 valence electrons. The van der Waals surface area contributed by atoms with Gasteiger partial charge in [0.05, 0.1) is 21.3 Å². The summed E-state index contributed by atoms with van der Waals surface area (Å²) >= 11 is 0. The van der Waals surface area contributed by atoms with Gasteiger partial charge < -0.3 is 24.1 Å². The molecule has 6 heteroatoms. The van der Waals surface area contributed by atoms with E-state index in [2.05, 4.69) is 0 Å². The molecule has 0 aliphatic carbocycles. The molecular formula is C18H18O6. The summed E-state index contributed by atoms with van der Waals surface area (Å²) in [5, 5.41) is 10.2. The van der Waals surface area contributed by atoms with E-state index in [0.29, 0.717) is 34.8 Å². The highest BCUT2D eigenvalue weighted by Crippen LogP contribution is 2.41. The summed E-state index contributed by atoms with van der Waals surface area (Å²) in [6.45, 7) is 0. The minimum atomic E-state index is -0.494. The maximum atomic E-state index is 12.1. The summed E-state index contributed by atoms with van der Waals surface area (Å²) < 4.78 is 21.1. The van der Waals surface area contributed by atoms with Gasteiger partial charge in [0.15, 0.2) is 11.5 Å². The molecular weight excluding hydrogens is 312 g/mol. The molecule has 0 radical (unpaired) electrons. The predicted molar refractivity (Wildman–Crippen MR) is 86.1 cm³/mol. The van der Waals surface area contributed by atoms with Crippen LogP contribution in [0.4, 0.5) is 0 Å². The number of phenolic OH excluding ortho intramolecular Hbond substituents is 1. The van der Waals surface area contributed by atoms with Crippen molar-refractivity contribution < 1.29 is 28.8 Å². The van der Waals surface area contributed by atoms with Crippen LogP contribution in [0.3, 0.4) is 0 Å². The number of rotatable bonds is 5. The van der Waals surface area contributed by atoms with E-state index in [9.17, 15) is 9.90 Å². The van der Waals surface area contributed by atoms with Crippen molar-refractivity contribution in [3.05, 3.63) is 47.0 Å². The molecule has 2 aromatic carbocycles. The van der Waals surface area contributed by atoms with Gasteiger partial charge >= 0.3 is 5.97 Å². The first kappa shape index (κ1) is 16.0. The van der Waals surface area contributed by atoms with Gasteiger partial charge in [-0.3, -0.25) is 0 Å². The molecule has 24 heavy (non-hydrogen) atoms. The lowest BCUT2D eigenvalue weighted by molar-refractivity contribution is 0.0384. The topological polar surface area (TPSA) is 74.2 Å². The number of carbonyl (C=O) groups is 1. The summed E-state index contributed by atoms with van der Waals surface area (Å²) in [5.41, 5.74) is 1.78. The monoisotopic (exact) mass is 330 g/mol. The fraction of sp³-hybridized carbons (Fsp3) is 0.278. The van der Waals surface area contributed by atoms with E-state index < -0.39 is 12.1 Å². The van der Waals surface area contributed by atoms with Crippen LogP contribution in [0.2, 0.25) is 0 Å². The van der Waals surface area contributed by atoms with Crippen LogP contribution < -0.4 is 14.2 Å². The number of cyclic esters (lactones) is 1. The van der Waals surface area contributed by atoms with E-state index in [4.69, 9.17) is 18.9 Å². The van der Waals surface area contributed by atoms with Crippen molar-refractivity contribution in [1.82, 2.24) is 0 Å². The molecule has 0 amide bonds. The fourth-order valence-corrected chi connectivity index (χ4v) is 2.88. The van der Waals surface area contributed by atoms with Crippen LogP contribution in [0.1, 0.15) is 27.6 Å². The molecule has 1 aliphatic heterocycles. The lowest BCUT2D eigenvalue weighted by Gasteiger charge is -2.15. The molecule has 0 unspecified atom stereocenters. The van der Waals surface area contributed by atoms with Crippen LogP contribution in [0, 0.1) is 0 Å². The lowest BCUT2D eigenvalue weighted by atomic mass is 9.98. The number of methoxy groups -OCH3 is 3. The normalized spacial score (nSPS) is 15.6. The largest absolute Gasteiger partial charge is 0.508 e. The van der Waals surface area contributed by atoms with Gasteiger partial charge in [-0.15, -0.1) is 0 Å². The van der Waals surface area contributed by atoms with E-state index in [-0.39, 0.29) is 5.75 Å². The summed E-state index contributed by atoms with van der Waals surface area (Å²) in [6.07, 6.45) is -0.176. The van der Waals surface area contributed by atoms with E-state index in [1.165, 1.54) is 27.4 Å². The molecule has 6 nitrogen and oxygen atoms in total. The molecule has 1 heterocycles. The Balaban J connectivity index is 1.96. The second kappa shape index (κ2) is 6.31. The van der Waals surface area contributed by atoms with E-state index in [1.54, 1.807) is 18.2 Å². The third kappa shape index (κ3) is 2.60. The Bertz CT molecular complexity index is 783. The highest BCUT2D eigenvalue weighted by Gasteiger charge is 2.34. The molecule has 2 aromatic rings. The van der Waals surface area contributed by atoms with Gasteiger partial charge in [0.25, 0.3) is 0 Å². The smallest absolute Gasteiger partial charge is 0.342 e. The third-order valence-corrected chi connectivity index (χ3v) is 4.07. The Hall–Kier alpha value is -2.89. The summed E-state index contributed by atoms with van der Waals surface area (Å²) in [4.78, 5) is 12.1. The van der Waals surface area contributed by atoms with Crippen LogP contribution in [-0.2, 0) is 11.2 Å². The molecule has 0 saturated carbocycles. The predicted octanol–water partition coefficient (Wildman–Crippen LogP) is 2.87. The van der Waals surface area contributed by atoms with Crippen molar-refractivity contribution in [1.29, 1.82) is 0 Å². The van der Waals surface area contributed by atoms with E-state index >= 15 is 0 Å². The van der Waals surface area contributed by atoms with Crippen molar-refractivity contribution in [3.8, 4) is 23.0 Å². The minimum Gasteiger partial charge on any atom is -0.508 e. The van der Waals surface area contributed by atoms with E-state index in [0.717, 1.165) is 5.56 Å². The van der Waals surface area contributed by atoms with Gasteiger partial charge in [-0.2, -0.15) is 0 Å². The maximum absolute atomic E-state index is 12.1. The molecule has 0 saturated heterocycles. The average Bonchev–Trinajstić information content (AvgIpc) is 2.92. The zero-order valence-electron chi connectivity index (χ0n) is 13.7. The van der Waals surface area contributed by atoms with Gasteiger partial charge in [0, 0.05) is 23.6 Å². The fourth-order valence-electron chi connectivity index (χ4n) is 2.88. The van der Waals surface area contributed by atoms with Crippen molar-refractivity contribution in [2.75, 3.05) is 21.3 Å². The van der Waals surface area contributed by atoms with Crippen LogP contribution >= 0.6 is 0 Å². The second-order valence-corrected chi connectivity index (χ2v) is 5.36. The number of aromatic hydroxyl groups is 1. The number of hydrogen-bond donors (Lipinski definition) is 1. The Kier molecular flexibility index (Phi) is 4.20. The SMILES string of the molecule is COc1cc(O)c(C[C@@H]2OC(=O)c3c(OC)cccc32)cc1OC. The molecule has 0 aromatic heterocycles. The maximum Gasteiger partial charge on any atom is 0.342 e. The van der Waals surface area contributed by atoms with Crippen LogP contribution in [-0.4, -0.2) is 32.4 Å². The van der Waals surface area contributed by atoms with Gasteiger partial charge in [0.1, 0.15) is 23.2 Å². The molecule has 0 bridgehead atoms. The Morgan fingerprint density at radius 3 is 2.38 bits per heavy atom. The lowest BCUT2D eigenvalue weighted by Crippen LogP contribution is -2.03. The van der Waals surface area contributed by atoms with Crippen LogP contribution in [0.25, 0.3) is 0 Å². The summed E-state index contributed by atoms with van der Waals surface area (Å²) in [5.74, 6) is 1.05. The quantitative estimate of drug-likeness (QED) is 0.850. The van der Waals surface area contributed by atoms with Crippen molar-refractivity contribution in [3.63, 3.8) is 0 Å².